The van der Waals surface area contributed by atoms with Crippen LogP contribution in [0.1, 0.15) is 6.42 Å². The van der Waals surface area contributed by atoms with Gasteiger partial charge in [0, 0.05) is 55.9 Å². The minimum Gasteiger partial charge on any atom is -0.369 e. The molecule has 4 aliphatic rings. The molecule has 5 nitrogen and oxygen atoms in total. The third-order valence-corrected chi connectivity index (χ3v) is 5.36. The van der Waals surface area contributed by atoms with Crippen molar-refractivity contribution >= 4 is 11.9 Å². The first kappa shape index (κ1) is 15.1. The van der Waals surface area contributed by atoms with E-state index in [4.69, 9.17) is 10.3 Å². The molecule has 0 saturated carbocycles. The van der Waals surface area contributed by atoms with Crippen molar-refractivity contribution in [3.05, 3.63) is 47.3 Å². The monoisotopic (exact) mass is 319 g/mol. The van der Waals surface area contributed by atoms with E-state index in [-0.39, 0.29) is 5.41 Å². The number of aliphatic imine (C=N–C) groups is 2. The summed E-state index contributed by atoms with van der Waals surface area (Å²) in [5.41, 5.74) is 4.41. The van der Waals surface area contributed by atoms with Gasteiger partial charge < -0.3 is 9.80 Å². The highest BCUT2D eigenvalue weighted by Gasteiger charge is 2.45. The number of nitrogens with zero attached hydrogens (tertiary/aromatic N) is 5. The van der Waals surface area contributed by atoms with Crippen molar-refractivity contribution in [2.24, 2.45) is 15.4 Å². The van der Waals surface area contributed by atoms with Crippen LogP contribution in [0.15, 0.2) is 57.3 Å². The van der Waals surface area contributed by atoms with Gasteiger partial charge in [-0.15, -0.1) is 0 Å². The summed E-state index contributed by atoms with van der Waals surface area (Å²) in [4.78, 5) is 14.1. The van der Waals surface area contributed by atoms with Crippen LogP contribution in [0, 0.1) is 16.7 Å². The lowest BCUT2D eigenvalue weighted by Gasteiger charge is -2.38. The average Bonchev–Trinajstić information content (AvgIpc) is 2.91. The molecular weight excluding hydrogens is 298 g/mol. The van der Waals surface area contributed by atoms with E-state index in [2.05, 4.69) is 40.1 Å². The predicted molar refractivity (Wildman–Crippen MR) is 95.9 cm³/mol. The normalized spacial score (nSPS) is 30.9. The van der Waals surface area contributed by atoms with Crippen molar-refractivity contribution in [1.29, 1.82) is 5.26 Å². The molecule has 1 saturated heterocycles. The Balaban J connectivity index is 1.78. The standard InChI is InChI=1S/C19H21N5/c1-23-8-10-24(11-9-23)17-5-7-22-18-3-2-15(4-6-20)12-19(18)14-21-13-16(17)19/h2-5,7,13H,8-12,14H2,1H3/b15-4-. The van der Waals surface area contributed by atoms with Gasteiger partial charge in [-0.25, -0.2) is 0 Å². The molecule has 1 fully saturated rings. The highest BCUT2D eigenvalue weighted by Crippen LogP contribution is 2.45. The molecule has 0 aromatic carbocycles. The fraction of sp³-hybridized carbons (Fsp3) is 0.421. The summed E-state index contributed by atoms with van der Waals surface area (Å²) in [5, 5.41) is 9.03. The zero-order chi connectivity index (χ0) is 16.6. The molecule has 4 rings (SSSR count). The summed E-state index contributed by atoms with van der Waals surface area (Å²) >= 11 is 0. The van der Waals surface area contributed by atoms with E-state index in [1.54, 1.807) is 6.08 Å². The van der Waals surface area contributed by atoms with Crippen molar-refractivity contribution in [1.82, 2.24) is 9.80 Å². The zero-order valence-electron chi connectivity index (χ0n) is 13.9. The SMILES string of the molecule is CN1CCN(C2=C3C=NCC34C/C(=C\C#N)C=CC4=NC=C2)CC1. The van der Waals surface area contributed by atoms with E-state index in [9.17, 15) is 0 Å². The fourth-order valence-electron chi connectivity index (χ4n) is 3.98. The second-order valence-corrected chi connectivity index (χ2v) is 6.83. The Labute approximate surface area is 142 Å². The van der Waals surface area contributed by atoms with Crippen molar-refractivity contribution < 1.29 is 0 Å². The first-order valence-electron chi connectivity index (χ1n) is 8.42. The Morgan fingerprint density at radius 2 is 2.04 bits per heavy atom. The van der Waals surface area contributed by atoms with Gasteiger partial charge in [0.05, 0.1) is 23.7 Å². The number of allylic oxidation sites excluding steroid dienone is 5. The lowest BCUT2D eigenvalue weighted by atomic mass is 9.69. The van der Waals surface area contributed by atoms with Crippen LogP contribution in [0.5, 0.6) is 0 Å². The van der Waals surface area contributed by atoms with E-state index in [0.29, 0.717) is 6.54 Å². The first-order valence-corrected chi connectivity index (χ1v) is 8.42. The molecule has 0 bridgehead atoms. The summed E-state index contributed by atoms with van der Waals surface area (Å²) < 4.78 is 0. The number of rotatable bonds is 1. The highest BCUT2D eigenvalue weighted by atomic mass is 15.3. The van der Waals surface area contributed by atoms with Gasteiger partial charge in [-0.2, -0.15) is 5.26 Å². The van der Waals surface area contributed by atoms with Crippen molar-refractivity contribution in [2.75, 3.05) is 39.8 Å². The highest BCUT2D eigenvalue weighted by molar-refractivity contribution is 6.10. The van der Waals surface area contributed by atoms with Crippen LogP contribution in [-0.2, 0) is 0 Å². The molecule has 3 heterocycles. The lowest BCUT2D eigenvalue weighted by Crippen LogP contribution is -2.45. The van der Waals surface area contributed by atoms with Gasteiger partial charge in [-0.05, 0) is 31.2 Å². The molecule has 1 aliphatic carbocycles. The van der Waals surface area contributed by atoms with Gasteiger partial charge in [0.25, 0.3) is 0 Å². The van der Waals surface area contributed by atoms with Gasteiger partial charge >= 0.3 is 0 Å². The number of hydrogen-bond donors (Lipinski definition) is 0. The molecule has 24 heavy (non-hydrogen) atoms. The van der Waals surface area contributed by atoms with Crippen LogP contribution in [0.25, 0.3) is 0 Å². The molecule has 3 aliphatic heterocycles. The fourth-order valence-corrected chi connectivity index (χ4v) is 3.98. The molecule has 0 N–H and O–H groups in total. The van der Waals surface area contributed by atoms with E-state index >= 15 is 0 Å². The largest absolute Gasteiger partial charge is 0.369 e. The Morgan fingerprint density at radius 1 is 1.21 bits per heavy atom. The molecule has 1 atom stereocenters. The van der Waals surface area contributed by atoms with E-state index in [1.165, 1.54) is 11.3 Å². The Kier molecular flexibility index (Phi) is 3.70. The van der Waals surface area contributed by atoms with Crippen LogP contribution in [0.3, 0.4) is 0 Å². The molecular formula is C19H21N5. The van der Waals surface area contributed by atoms with Crippen LogP contribution >= 0.6 is 0 Å². The van der Waals surface area contributed by atoms with Gasteiger partial charge in [0.2, 0.25) is 0 Å². The maximum atomic E-state index is 9.03. The van der Waals surface area contributed by atoms with Crippen LogP contribution in [0.4, 0.5) is 0 Å². The summed E-state index contributed by atoms with van der Waals surface area (Å²) in [6.45, 7) is 4.91. The molecule has 1 unspecified atom stereocenters. The molecule has 0 aromatic heterocycles. The van der Waals surface area contributed by atoms with Crippen molar-refractivity contribution in [3.63, 3.8) is 0 Å². The third kappa shape index (κ3) is 2.35. The second kappa shape index (κ2) is 5.88. The quantitative estimate of drug-likeness (QED) is 0.694. The predicted octanol–water partition coefficient (Wildman–Crippen LogP) is 1.94. The van der Waals surface area contributed by atoms with Crippen molar-refractivity contribution in [2.45, 2.75) is 6.42 Å². The molecule has 0 aromatic rings. The van der Waals surface area contributed by atoms with Crippen LogP contribution in [-0.4, -0.2) is 61.5 Å². The molecule has 0 amide bonds. The zero-order valence-corrected chi connectivity index (χ0v) is 13.9. The third-order valence-electron chi connectivity index (χ3n) is 5.36. The van der Waals surface area contributed by atoms with Crippen LogP contribution < -0.4 is 0 Å². The minimum absolute atomic E-state index is 0.209. The van der Waals surface area contributed by atoms with Gasteiger partial charge in [-0.3, -0.25) is 9.98 Å². The lowest BCUT2D eigenvalue weighted by molar-refractivity contribution is 0.188. The second-order valence-electron chi connectivity index (χ2n) is 6.83. The maximum Gasteiger partial charge on any atom is 0.0914 e. The van der Waals surface area contributed by atoms with Crippen LogP contribution in [0.2, 0.25) is 0 Å². The van der Waals surface area contributed by atoms with E-state index in [0.717, 1.165) is 43.9 Å². The first-order chi connectivity index (χ1) is 11.7. The van der Waals surface area contributed by atoms with E-state index < -0.39 is 0 Å². The smallest absolute Gasteiger partial charge is 0.0914 e. The summed E-state index contributed by atoms with van der Waals surface area (Å²) in [5.74, 6) is 0. The van der Waals surface area contributed by atoms with Gasteiger partial charge in [0.15, 0.2) is 0 Å². The minimum atomic E-state index is -0.209. The summed E-state index contributed by atoms with van der Waals surface area (Å²) in [6, 6.07) is 2.16. The Bertz CT molecular complexity index is 766. The van der Waals surface area contributed by atoms with E-state index in [1.807, 2.05) is 18.5 Å². The molecule has 5 heteroatoms. The van der Waals surface area contributed by atoms with Gasteiger partial charge in [0.1, 0.15) is 0 Å². The summed E-state index contributed by atoms with van der Waals surface area (Å²) in [6.07, 6.45) is 12.6. The van der Waals surface area contributed by atoms with Crippen molar-refractivity contribution in [3.8, 4) is 6.07 Å². The average molecular weight is 319 g/mol. The Hall–Kier alpha value is -2.45. The number of nitriles is 1. The number of piperazine rings is 1. The molecule has 0 radical (unpaired) electrons. The topological polar surface area (TPSA) is 55.0 Å². The summed E-state index contributed by atoms with van der Waals surface area (Å²) in [7, 11) is 2.17. The molecule has 122 valence electrons. The van der Waals surface area contributed by atoms with Gasteiger partial charge in [-0.1, -0.05) is 6.08 Å². The number of likely N-dealkylation sites (N-methyl/N-ethyl adjacent to an activating group) is 1. The number of hydrogen-bond acceptors (Lipinski definition) is 5. The Morgan fingerprint density at radius 3 is 2.83 bits per heavy atom. The molecule has 1 spiro atoms. The maximum absolute atomic E-state index is 9.03.